The zero-order valence-corrected chi connectivity index (χ0v) is 10.3. The molecule has 3 aromatic rings. The fraction of sp³-hybridized carbons (Fsp3) is 0.154. The number of anilines is 1. The van der Waals surface area contributed by atoms with Crippen LogP contribution >= 0.6 is 0 Å². The van der Waals surface area contributed by atoms with Crippen molar-refractivity contribution in [3.8, 4) is 11.3 Å². The second-order valence-corrected chi connectivity index (χ2v) is 4.16. The van der Waals surface area contributed by atoms with Crippen molar-refractivity contribution in [2.45, 2.75) is 0 Å². The van der Waals surface area contributed by atoms with Gasteiger partial charge in [-0.2, -0.15) is 0 Å². The van der Waals surface area contributed by atoms with E-state index in [1.54, 1.807) is 4.68 Å². The molecule has 0 aliphatic rings. The van der Waals surface area contributed by atoms with Crippen molar-refractivity contribution in [2.24, 2.45) is 7.05 Å². The first-order valence-electron chi connectivity index (χ1n) is 5.70. The van der Waals surface area contributed by atoms with Crippen molar-refractivity contribution in [1.82, 2.24) is 20.0 Å². The molecule has 2 heterocycles. The molecule has 0 spiro atoms. The van der Waals surface area contributed by atoms with Gasteiger partial charge < -0.3 is 5.32 Å². The first kappa shape index (κ1) is 10.7. The van der Waals surface area contributed by atoms with Crippen molar-refractivity contribution in [3.63, 3.8) is 0 Å². The second-order valence-electron chi connectivity index (χ2n) is 4.16. The number of fused-ring (bicyclic) bond motifs is 1. The van der Waals surface area contributed by atoms with Gasteiger partial charge >= 0.3 is 0 Å². The first-order valence-corrected chi connectivity index (χ1v) is 5.70. The molecule has 3 rings (SSSR count). The Morgan fingerprint density at radius 2 is 2.06 bits per heavy atom. The van der Waals surface area contributed by atoms with Crippen LogP contribution in [0.2, 0.25) is 0 Å². The molecule has 1 aromatic carbocycles. The van der Waals surface area contributed by atoms with E-state index in [1.165, 1.54) is 0 Å². The van der Waals surface area contributed by atoms with Crippen LogP contribution in [-0.4, -0.2) is 27.0 Å². The fourth-order valence-corrected chi connectivity index (χ4v) is 1.92. The number of nitrogens with one attached hydrogen (secondary N) is 1. The van der Waals surface area contributed by atoms with E-state index in [0.717, 1.165) is 27.8 Å². The summed E-state index contributed by atoms with van der Waals surface area (Å²) in [4.78, 5) is 4.29. The van der Waals surface area contributed by atoms with Gasteiger partial charge in [-0.25, -0.2) is 4.98 Å². The molecule has 0 bridgehead atoms. The van der Waals surface area contributed by atoms with E-state index in [4.69, 9.17) is 0 Å². The summed E-state index contributed by atoms with van der Waals surface area (Å²) < 4.78 is 1.70. The van der Waals surface area contributed by atoms with E-state index < -0.39 is 0 Å². The summed E-state index contributed by atoms with van der Waals surface area (Å²) >= 11 is 0. The van der Waals surface area contributed by atoms with Crippen LogP contribution in [0.4, 0.5) is 5.82 Å². The summed E-state index contributed by atoms with van der Waals surface area (Å²) in [6.45, 7) is 0. The van der Waals surface area contributed by atoms with Crippen LogP contribution in [0.25, 0.3) is 22.0 Å². The summed E-state index contributed by atoms with van der Waals surface area (Å²) in [7, 11) is 3.72. The third-order valence-corrected chi connectivity index (χ3v) is 2.88. The van der Waals surface area contributed by atoms with Gasteiger partial charge in [0.15, 0.2) is 0 Å². The Hall–Kier alpha value is -2.43. The molecular formula is C13H13N5. The monoisotopic (exact) mass is 239 g/mol. The summed E-state index contributed by atoms with van der Waals surface area (Å²) in [5, 5.41) is 13.4. The lowest BCUT2D eigenvalue weighted by Gasteiger charge is -2.03. The maximum absolute atomic E-state index is 4.29. The summed E-state index contributed by atoms with van der Waals surface area (Å²) in [5.74, 6) is 0.860. The Morgan fingerprint density at radius 1 is 1.17 bits per heavy atom. The minimum atomic E-state index is 0.860. The Labute approximate surface area is 104 Å². The molecule has 18 heavy (non-hydrogen) atoms. The highest BCUT2D eigenvalue weighted by Crippen LogP contribution is 2.23. The number of nitrogens with zero attached hydrogens (tertiary/aromatic N) is 4. The van der Waals surface area contributed by atoms with Crippen LogP contribution in [0, 0.1) is 0 Å². The van der Waals surface area contributed by atoms with Crippen molar-refractivity contribution < 1.29 is 0 Å². The van der Waals surface area contributed by atoms with Gasteiger partial charge in [0, 0.05) is 31.2 Å². The molecule has 0 atom stereocenters. The number of benzene rings is 1. The Morgan fingerprint density at radius 3 is 2.78 bits per heavy atom. The van der Waals surface area contributed by atoms with Gasteiger partial charge in [0.25, 0.3) is 0 Å². The third kappa shape index (κ3) is 1.79. The first-order chi connectivity index (χ1) is 8.76. The Balaban J connectivity index is 2.14. The lowest BCUT2D eigenvalue weighted by Crippen LogP contribution is -1.91. The number of hydrogen-bond acceptors (Lipinski definition) is 4. The number of hydrogen-bond donors (Lipinski definition) is 1. The van der Waals surface area contributed by atoms with Gasteiger partial charge in [0.2, 0.25) is 0 Å². The second kappa shape index (κ2) is 4.10. The number of rotatable bonds is 2. The van der Waals surface area contributed by atoms with Gasteiger partial charge in [-0.3, -0.25) is 4.68 Å². The Kier molecular flexibility index (Phi) is 2.44. The lowest BCUT2D eigenvalue weighted by molar-refractivity contribution is 0.715. The zero-order valence-electron chi connectivity index (χ0n) is 10.3. The van der Waals surface area contributed by atoms with Crippen molar-refractivity contribution in [2.75, 3.05) is 12.4 Å². The number of aromatic nitrogens is 4. The highest BCUT2D eigenvalue weighted by Gasteiger charge is 2.04. The van der Waals surface area contributed by atoms with E-state index in [1.807, 2.05) is 44.7 Å². The fourth-order valence-electron chi connectivity index (χ4n) is 1.92. The van der Waals surface area contributed by atoms with Gasteiger partial charge in [-0.05, 0) is 17.5 Å². The molecule has 5 nitrogen and oxygen atoms in total. The zero-order chi connectivity index (χ0) is 12.5. The summed E-state index contributed by atoms with van der Waals surface area (Å²) in [6, 6.07) is 8.20. The summed E-state index contributed by atoms with van der Waals surface area (Å²) in [6.07, 6.45) is 3.77. The highest BCUT2D eigenvalue weighted by molar-refractivity contribution is 5.87. The van der Waals surface area contributed by atoms with Crippen molar-refractivity contribution >= 4 is 16.6 Å². The van der Waals surface area contributed by atoms with E-state index in [9.17, 15) is 0 Å². The van der Waals surface area contributed by atoms with Crippen LogP contribution in [0.1, 0.15) is 0 Å². The molecule has 0 radical (unpaired) electrons. The number of aryl methyl sites for hydroxylation is 1. The Bertz CT molecular complexity index is 701. The van der Waals surface area contributed by atoms with Gasteiger partial charge in [-0.1, -0.05) is 17.3 Å². The maximum atomic E-state index is 4.29. The van der Waals surface area contributed by atoms with E-state index >= 15 is 0 Å². The quantitative estimate of drug-likeness (QED) is 0.743. The molecule has 0 saturated carbocycles. The highest BCUT2D eigenvalue weighted by atomic mass is 15.4. The molecule has 0 fully saturated rings. The number of pyridine rings is 1. The smallest absolute Gasteiger partial charge is 0.126 e. The normalized spacial score (nSPS) is 10.8. The van der Waals surface area contributed by atoms with Crippen molar-refractivity contribution in [1.29, 1.82) is 0 Å². The van der Waals surface area contributed by atoms with Crippen LogP contribution in [0.5, 0.6) is 0 Å². The van der Waals surface area contributed by atoms with Gasteiger partial charge in [0.1, 0.15) is 11.5 Å². The molecule has 5 heteroatoms. The van der Waals surface area contributed by atoms with Gasteiger partial charge in [-0.15, -0.1) is 5.10 Å². The van der Waals surface area contributed by atoms with Crippen LogP contribution < -0.4 is 5.32 Å². The SMILES string of the molecule is CNc1cc2cc(-c3cn(C)nn3)ccc2cn1. The predicted octanol–water partition coefficient (Wildman–Crippen LogP) is 2.07. The molecule has 0 aliphatic carbocycles. The molecule has 0 aliphatic heterocycles. The standard InChI is InChI=1S/C13H13N5/c1-14-13-6-11-5-9(3-4-10(11)7-15-13)12-8-18(2)17-16-12/h3-8H,1-2H3,(H,14,15). The average molecular weight is 239 g/mol. The molecule has 0 unspecified atom stereocenters. The predicted molar refractivity (Wildman–Crippen MR) is 71.3 cm³/mol. The molecular weight excluding hydrogens is 226 g/mol. The van der Waals surface area contributed by atoms with E-state index in [2.05, 4.69) is 26.7 Å². The van der Waals surface area contributed by atoms with Crippen LogP contribution in [0.15, 0.2) is 36.7 Å². The van der Waals surface area contributed by atoms with Crippen LogP contribution in [-0.2, 0) is 7.05 Å². The average Bonchev–Trinajstić information content (AvgIpc) is 2.84. The molecule has 90 valence electrons. The molecule has 2 aromatic heterocycles. The molecule has 0 amide bonds. The van der Waals surface area contributed by atoms with Crippen LogP contribution in [0.3, 0.4) is 0 Å². The molecule has 0 saturated heterocycles. The minimum absolute atomic E-state index is 0.860. The van der Waals surface area contributed by atoms with Crippen molar-refractivity contribution in [3.05, 3.63) is 36.7 Å². The summed E-state index contributed by atoms with van der Waals surface area (Å²) in [5.41, 5.74) is 1.94. The van der Waals surface area contributed by atoms with Gasteiger partial charge in [0.05, 0.1) is 6.20 Å². The topological polar surface area (TPSA) is 55.6 Å². The third-order valence-electron chi connectivity index (χ3n) is 2.88. The lowest BCUT2D eigenvalue weighted by atomic mass is 10.1. The minimum Gasteiger partial charge on any atom is -0.373 e. The molecule has 1 N–H and O–H groups in total. The van der Waals surface area contributed by atoms with E-state index in [-0.39, 0.29) is 0 Å². The largest absolute Gasteiger partial charge is 0.373 e. The maximum Gasteiger partial charge on any atom is 0.126 e. The van der Waals surface area contributed by atoms with E-state index in [0.29, 0.717) is 0 Å².